The number of hydrogen-bond donors (Lipinski definition) is 1. The van der Waals surface area contributed by atoms with Crippen LogP contribution in [0.25, 0.3) is 0 Å². The van der Waals surface area contributed by atoms with E-state index in [1.54, 1.807) is 0 Å². The van der Waals surface area contributed by atoms with Crippen LogP contribution >= 0.6 is 11.6 Å². The molecule has 1 aromatic rings. The third-order valence-corrected chi connectivity index (χ3v) is 3.94. The highest BCUT2D eigenvalue weighted by Crippen LogP contribution is 2.21. The van der Waals surface area contributed by atoms with Gasteiger partial charge in [0.2, 0.25) is 0 Å². The Hall–Kier alpha value is -0.610. The van der Waals surface area contributed by atoms with Crippen LogP contribution in [0.1, 0.15) is 31.4 Å². The molecule has 0 saturated carbocycles. The van der Waals surface area contributed by atoms with Crippen LogP contribution in [0.4, 0.5) is 0 Å². The van der Waals surface area contributed by atoms with E-state index < -0.39 is 0 Å². The van der Waals surface area contributed by atoms with Crippen molar-refractivity contribution in [2.45, 2.75) is 25.8 Å². The second-order valence-corrected chi connectivity index (χ2v) is 5.75. The zero-order chi connectivity index (χ0) is 13.7. The summed E-state index contributed by atoms with van der Waals surface area (Å²) >= 11 is 5.97. The van der Waals surface area contributed by atoms with Gasteiger partial charge in [-0.1, -0.05) is 37.1 Å². The molecule has 0 radical (unpaired) electrons. The lowest BCUT2D eigenvalue weighted by Crippen LogP contribution is -2.51. The third-order valence-electron chi connectivity index (χ3n) is 3.69. The minimum Gasteiger partial charge on any atom is -0.304 e. The van der Waals surface area contributed by atoms with Gasteiger partial charge in [0.25, 0.3) is 0 Å². The predicted octanol–water partition coefficient (Wildman–Crippen LogP) is 2.93. The quantitative estimate of drug-likeness (QED) is 0.895. The van der Waals surface area contributed by atoms with Gasteiger partial charge in [-0.15, -0.1) is 0 Å². The number of nitrogens with zero attached hydrogens (tertiary/aromatic N) is 2. The molecule has 0 amide bonds. The van der Waals surface area contributed by atoms with E-state index in [0.717, 1.165) is 37.6 Å². The Morgan fingerprint density at radius 2 is 1.79 bits per heavy atom. The second kappa shape index (κ2) is 7.25. The Balaban J connectivity index is 1.97. The molecule has 0 aromatic heterocycles. The van der Waals surface area contributed by atoms with Crippen molar-refractivity contribution in [3.05, 3.63) is 34.9 Å². The van der Waals surface area contributed by atoms with Gasteiger partial charge in [0.15, 0.2) is 0 Å². The van der Waals surface area contributed by atoms with E-state index in [1.807, 2.05) is 12.1 Å². The summed E-state index contributed by atoms with van der Waals surface area (Å²) in [5.41, 5.74) is 5.00. The van der Waals surface area contributed by atoms with Gasteiger partial charge in [0, 0.05) is 37.2 Å². The predicted molar refractivity (Wildman–Crippen MR) is 81.3 cm³/mol. The third kappa shape index (κ3) is 4.46. The van der Waals surface area contributed by atoms with E-state index in [1.165, 1.54) is 12.0 Å². The monoisotopic (exact) mass is 281 g/mol. The lowest BCUT2D eigenvalue weighted by molar-refractivity contribution is 0.0845. The van der Waals surface area contributed by atoms with E-state index in [4.69, 9.17) is 11.6 Å². The van der Waals surface area contributed by atoms with Gasteiger partial charge >= 0.3 is 0 Å². The molecule has 2 rings (SSSR count). The summed E-state index contributed by atoms with van der Waals surface area (Å²) in [7, 11) is 2.18. The van der Waals surface area contributed by atoms with Crippen molar-refractivity contribution in [2.75, 3.05) is 33.2 Å². The molecule has 0 aliphatic carbocycles. The van der Waals surface area contributed by atoms with E-state index >= 15 is 0 Å². The van der Waals surface area contributed by atoms with Gasteiger partial charge in [-0.3, -0.25) is 0 Å². The summed E-state index contributed by atoms with van der Waals surface area (Å²) in [4.78, 5) is 2.37. The molecule has 1 unspecified atom stereocenters. The molecule has 1 aliphatic rings. The largest absolute Gasteiger partial charge is 0.304 e. The average molecular weight is 282 g/mol. The Kier molecular flexibility index (Phi) is 5.64. The first kappa shape index (κ1) is 14.8. The number of rotatable bonds is 5. The second-order valence-electron chi connectivity index (χ2n) is 5.31. The Labute approximate surface area is 121 Å². The maximum absolute atomic E-state index is 5.97. The lowest BCUT2D eigenvalue weighted by Gasteiger charge is -2.35. The molecule has 1 fully saturated rings. The number of nitrogens with one attached hydrogen (secondary N) is 1. The molecule has 1 heterocycles. The minimum atomic E-state index is 0.394. The zero-order valence-corrected chi connectivity index (χ0v) is 12.7. The normalized spacial score (nSPS) is 19.5. The smallest absolute Gasteiger partial charge is 0.0464 e. The summed E-state index contributed by atoms with van der Waals surface area (Å²) < 4.78 is 0. The highest BCUT2D eigenvalue weighted by atomic mass is 35.5. The molecular formula is C15H24ClN3. The van der Waals surface area contributed by atoms with Crippen molar-refractivity contribution in [1.29, 1.82) is 0 Å². The molecule has 3 nitrogen and oxygen atoms in total. The topological polar surface area (TPSA) is 18.5 Å². The minimum absolute atomic E-state index is 0.394. The van der Waals surface area contributed by atoms with E-state index in [2.05, 4.69) is 41.4 Å². The Morgan fingerprint density at radius 1 is 1.16 bits per heavy atom. The Bertz CT molecular complexity index is 371. The first-order valence-corrected chi connectivity index (χ1v) is 7.52. The van der Waals surface area contributed by atoms with Crippen molar-refractivity contribution < 1.29 is 0 Å². The first-order valence-electron chi connectivity index (χ1n) is 7.14. The molecule has 1 N–H and O–H groups in total. The SMILES string of the molecule is CCCC(NN1CCN(C)CC1)c1ccc(Cl)cc1. The highest BCUT2D eigenvalue weighted by molar-refractivity contribution is 6.30. The van der Waals surface area contributed by atoms with E-state index in [0.29, 0.717) is 6.04 Å². The van der Waals surface area contributed by atoms with Gasteiger partial charge in [-0.2, -0.15) is 0 Å². The number of hydrazine groups is 1. The molecule has 1 atom stereocenters. The Morgan fingerprint density at radius 3 is 2.37 bits per heavy atom. The van der Waals surface area contributed by atoms with Gasteiger partial charge in [0.1, 0.15) is 0 Å². The maximum Gasteiger partial charge on any atom is 0.0464 e. The number of likely N-dealkylation sites (N-methyl/N-ethyl adjacent to an activating group) is 1. The van der Waals surface area contributed by atoms with Crippen LogP contribution in [0.3, 0.4) is 0 Å². The van der Waals surface area contributed by atoms with Crippen LogP contribution in [-0.2, 0) is 0 Å². The van der Waals surface area contributed by atoms with Gasteiger partial charge in [-0.25, -0.2) is 10.4 Å². The first-order chi connectivity index (χ1) is 9.19. The summed E-state index contributed by atoms with van der Waals surface area (Å²) in [6, 6.07) is 8.61. The van der Waals surface area contributed by atoms with Crippen LogP contribution in [0, 0.1) is 0 Å². The van der Waals surface area contributed by atoms with Crippen molar-refractivity contribution in [3.63, 3.8) is 0 Å². The molecule has 0 bridgehead atoms. The van der Waals surface area contributed by atoms with Gasteiger partial charge < -0.3 is 4.90 Å². The summed E-state index contributed by atoms with van der Waals surface area (Å²) in [5.74, 6) is 0. The summed E-state index contributed by atoms with van der Waals surface area (Å²) in [6.07, 6.45) is 2.32. The number of halogens is 1. The molecule has 106 valence electrons. The van der Waals surface area contributed by atoms with Gasteiger partial charge in [-0.05, 0) is 31.2 Å². The maximum atomic E-state index is 5.97. The van der Waals surface area contributed by atoms with Crippen molar-refractivity contribution in [3.8, 4) is 0 Å². The van der Waals surface area contributed by atoms with Crippen molar-refractivity contribution >= 4 is 11.6 Å². The number of benzene rings is 1. The number of hydrogen-bond acceptors (Lipinski definition) is 3. The number of piperazine rings is 1. The van der Waals surface area contributed by atoms with Gasteiger partial charge in [0.05, 0.1) is 0 Å². The van der Waals surface area contributed by atoms with E-state index in [9.17, 15) is 0 Å². The zero-order valence-electron chi connectivity index (χ0n) is 11.9. The lowest BCUT2D eigenvalue weighted by atomic mass is 10.0. The van der Waals surface area contributed by atoms with Crippen molar-refractivity contribution in [2.24, 2.45) is 0 Å². The molecule has 1 saturated heterocycles. The van der Waals surface area contributed by atoms with Crippen LogP contribution in [-0.4, -0.2) is 43.1 Å². The van der Waals surface area contributed by atoms with Crippen LogP contribution in [0.5, 0.6) is 0 Å². The molecule has 1 aliphatic heterocycles. The van der Waals surface area contributed by atoms with Crippen molar-refractivity contribution in [1.82, 2.24) is 15.3 Å². The fraction of sp³-hybridized carbons (Fsp3) is 0.600. The fourth-order valence-corrected chi connectivity index (χ4v) is 2.57. The van der Waals surface area contributed by atoms with Crippen LogP contribution in [0.15, 0.2) is 24.3 Å². The van der Waals surface area contributed by atoms with Crippen LogP contribution in [0.2, 0.25) is 5.02 Å². The fourth-order valence-electron chi connectivity index (χ4n) is 2.45. The molecular weight excluding hydrogens is 258 g/mol. The molecule has 19 heavy (non-hydrogen) atoms. The molecule has 0 spiro atoms. The van der Waals surface area contributed by atoms with E-state index in [-0.39, 0.29) is 0 Å². The summed E-state index contributed by atoms with van der Waals surface area (Å²) in [6.45, 7) is 6.67. The standard InChI is InChI=1S/C15H24ClN3/c1-3-4-15(13-5-7-14(16)8-6-13)17-19-11-9-18(2)10-12-19/h5-8,15,17H,3-4,9-12H2,1-2H3. The molecule has 1 aromatic carbocycles. The average Bonchev–Trinajstić information content (AvgIpc) is 2.42. The van der Waals surface area contributed by atoms with Crippen LogP contribution < -0.4 is 5.43 Å². The highest BCUT2D eigenvalue weighted by Gasteiger charge is 2.18. The summed E-state index contributed by atoms with van der Waals surface area (Å²) in [5, 5.41) is 3.16. The molecule has 4 heteroatoms.